The monoisotopic (exact) mass is 389 g/mol. The molecular formula is C20H19N7O2. The van der Waals surface area contributed by atoms with E-state index in [9.17, 15) is 4.79 Å². The number of fused-ring (bicyclic) bond motifs is 2. The zero-order chi connectivity index (χ0) is 20.0. The molecule has 0 radical (unpaired) electrons. The predicted octanol–water partition coefficient (Wildman–Crippen LogP) is 3.52. The van der Waals surface area contributed by atoms with E-state index in [0.29, 0.717) is 34.2 Å². The Morgan fingerprint density at radius 1 is 1.17 bits per heavy atom. The van der Waals surface area contributed by atoms with Gasteiger partial charge in [0.05, 0.1) is 17.0 Å². The molecule has 146 valence electrons. The minimum absolute atomic E-state index is 0.220. The molecule has 0 bridgehead atoms. The van der Waals surface area contributed by atoms with Crippen molar-refractivity contribution in [3.05, 3.63) is 52.8 Å². The standard InChI is InChI=1S/C20H19N7O2/c1-3-4-11(2)17-10-29-20(23-17)13-9-21-27-18(28)8-15(22-19(13)27)12-5-6-14-16(7-12)25-26-24-14/h5-11,21H,3-4H2,1-2H3,(H,24,25,26). The van der Waals surface area contributed by atoms with Gasteiger partial charge in [0.1, 0.15) is 17.3 Å². The van der Waals surface area contributed by atoms with Gasteiger partial charge in [0.15, 0.2) is 5.65 Å². The molecule has 5 rings (SSSR count). The fourth-order valence-electron chi connectivity index (χ4n) is 3.50. The highest BCUT2D eigenvalue weighted by atomic mass is 16.3. The Kier molecular flexibility index (Phi) is 4.01. The Bertz CT molecular complexity index is 1370. The number of aromatic nitrogens is 7. The minimum atomic E-state index is -0.220. The molecule has 9 nitrogen and oxygen atoms in total. The predicted molar refractivity (Wildman–Crippen MR) is 108 cm³/mol. The number of hydrogen-bond donors (Lipinski definition) is 2. The van der Waals surface area contributed by atoms with Crippen LogP contribution < -0.4 is 5.56 Å². The number of nitrogens with one attached hydrogen (secondary N) is 2. The molecule has 0 aliphatic heterocycles. The largest absolute Gasteiger partial charge is 0.444 e. The molecular weight excluding hydrogens is 370 g/mol. The number of H-pyrrole nitrogens is 2. The van der Waals surface area contributed by atoms with Crippen molar-refractivity contribution in [1.29, 1.82) is 0 Å². The molecule has 4 heterocycles. The van der Waals surface area contributed by atoms with Gasteiger partial charge in [-0.3, -0.25) is 9.89 Å². The van der Waals surface area contributed by atoms with Crippen LogP contribution in [0.3, 0.4) is 0 Å². The van der Waals surface area contributed by atoms with Crippen LogP contribution >= 0.6 is 0 Å². The first-order valence-corrected chi connectivity index (χ1v) is 9.52. The van der Waals surface area contributed by atoms with Crippen LogP contribution in [0, 0.1) is 0 Å². The third kappa shape index (κ3) is 2.91. The lowest BCUT2D eigenvalue weighted by molar-refractivity contribution is 0.567. The first-order chi connectivity index (χ1) is 14.1. The molecule has 0 amide bonds. The van der Waals surface area contributed by atoms with Gasteiger partial charge in [0.25, 0.3) is 5.56 Å². The average Bonchev–Trinajstić information content (AvgIpc) is 3.46. The quantitative estimate of drug-likeness (QED) is 0.475. The van der Waals surface area contributed by atoms with Gasteiger partial charge in [-0.1, -0.05) is 26.3 Å². The number of nitrogens with zero attached hydrogens (tertiary/aromatic N) is 5. The zero-order valence-corrected chi connectivity index (χ0v) is 16.0. The second-order valence-electron chi connectivity index (χ2n) is 7.12. The molecule has 0 aliphatic carbocycles. The molecule has 29 heavy (non-hydrogen) atoms. The Balaban J connectivity index is 1.62. The SMILES string of the molecule is CCCC(C)c1coc(-c2c[nH]n3c(=O)cc(-c4ccc5n[nH]nc5c4)nc23)n1. The van der Waals surface area contributed by atoms with Crippen LogP contribution in [0.25, 0.3) is 39.4 Å². The van der Waals surface area contributed by atoms with Gasteiger partial charge >= 0.3 is 0 Å². The molecule has 1 unspecified atom stereocenters. The van der Waals surface area contributed by atoms with Crippen LogP contribution in [0.4, 0.5) is 0 Å². The second-order valence-corrected chi connectivity index (χ2v) is 7.12. The van der Waals surface area contributed by atoms with E-state index in [2.05, 4.69) is 39.3 Å². The van der Waals surface area contributed by atoms with E-state index in [1.165, 1.54) is 10.6 Å². The highest BCUT2D eigenvalue weighted by molar-refractivity contribution is 5.81. The molecule has 0 aliphatic rings. The van der Waals surface area contributed by atoms with E-state index in [1.54, 1.807) is 12.5 Å². The summed E-state index contributed by atoms with van der Waals surface area (Å²) in [5.41, 5.74) is 4.57. The number of oxazole rings is 1. The van der Waals surface area contributed by atoms with Crippen molar-refractivity contribution in [1.82, 2.24) is 35.0 Å². The Morgan fingerprint density at radius 2 is 2.03 bits per heavy atom. The van der Waals surface area contributed by atoms with Gasteiger partial charge in [0.2, 0.25) is 5.89 Å². The first kappa shape index (κ1) is 17.4. The minimum Gasteiger partial charge on any atom is -0.444 e. The van der Waals surface area contributed by atoms with Crippen molar-refractivity contribution in [2.24, 2.45) is 0 Å². The molecule has 9 heteroatoms. The van der Waals surface area contributed by atoms with Gasteiger partial charge in [-0.2, -0.15) is 15.4 Å². The lowest BCUT2D eigenvalue weighted by atomic mass is 10.0. The summed E-state index contributed by atoms with van der Waals surface area (Å²) >= 11 is 0. The molecule has 0 saturated heterocycles. The maximum atomic E-state index is 12.6. The fraction of sp³-hybridized carbons (Fsp3) is 0.250. The number of aromatic amines is 2. The highest BCUT2D eigenvalue weighted by Crippen LogP contribution is 2.28. The zero-order valence-electron chi connectivity index (χ0n) is 16.0. The molecule has 1 aromatic carbocycles. The topological polar surface area (TPSA) is 118 Å². The molecule has 0 spiro atoms. The maximum Gasteiger partial charge on any atom is 0.273 e. The lowest BCUT2D eigenvalue weighted by Gasteiger charge is -2.04. The van der Waals surface area contributed by atoms with Crippen LogP contribution in [0.5, 0.6) is 0 Å². The molecule has 4 aromatic heterocycles. The van der Waals surface area contributed by atoms with Crippen LogP contribution in [0.2, 0.25) is 0 Å². The molecule has 5 aromatic rings. The molecule has 0 saturated carbocycles. The summed E-state index contributed by atoms with van der Waals surface area (Å²) in [4.78, 5) is 22.0. The average molecular weight is 389 g/mol. The van der Waals surface area contributed by atoms with E-state index in [-0.39, 0.29) is 5.56 Å². The summed E-state index contributed by atoms with van der Waals surface area (Å²) < 4.78 is 7.09. The van der Waals surface area contributed by atoms with E-state index in [0.717, 1.165) is 29.6 Å². The summed E-state index contributed by atoms with van der Waals surface area (Å²) in [7, 11) is 0. The number of hydrogen-bond acceptors (Lipinski definition) is 6. The van der Waals surface area contributed by atoms with Crippen molar-refractivity contribution >= 4 is 16.7 Å². The summed E-state index contributed by atoms with van der Waals surface area (Å²) in [5.74, 6) is 0.751. The fourth-order valence-corrected chi connectivity index (χ4v) is 3.50. The first-order valence-electron chi connectivity index (χ1n) is 9.52. The van der Waals surface area contributed by atoms with Gasteiger partial charge in [0, 0.05) is 23.7 Å². The third-order valence-corrected chi connectivity index (χ3v) is 5.09. The Hall–Kier alpha value is -3.75. The van der Waals surface area contributed by atoms with Crippen molar-refractivity contribution < 1.29 is 4.42 Å². The summed E-state index contributed by atoms with van der Waals surface area (Å²) in [6, 6.07) is 7.04. The van der Waals surface area contributed by atoms with E-state index in [1.807, 2.05) is 18.2 Å². The Morgan fingerprint density at radius 3 is 2.90 bits per heavy atom. The third-order valence-electron chi connectivity index (χ3n) is 5.09. The molecule has 1 atom stereocenters. The van der Waals surface area contributed by atoms with Gasteiger partial charge < -0.3 is 4.42 Å². The Labute approximate surface area is 164 Å². The van der Waals surface area contributed by atoms with Gasteiger partial charge in [-0.05, 0) is 18.6 Å². The van der Waals surface area contributed by atoms with Crippen molar-refractivity contribution in [2.75, 3.05) is 0 Å². The van der Waals surface area contributed by atoms with E-state index >= 15 is 0 Å². The second kappa shape index (κ2) is 6.69. The summed E-state index contributed by atoms with van der Waals surface area (Å²) in [6.45, 7) is 4.27. The normalized spacial score (nSPS) is 12.8. The van der Waals surface area contributed by atoms with Crippen molar-refractivity contribution in [3.8, 4) is 22.7 Å². The highest BCUT2D eigenvalue weighted by Gasteiger charge is 2.18. The summed E-state index contributed by atoms with van der Waals surface area (Å²) in [6.07, 6.45) is 5.48. The smallest absolute Gasteiger partial charge is 0.273 e. The molecule has 0 fully saturated rings. The van der Waals surface area contributed by atoms with Crippen LogP contribution in [-0.4, -0.2) is 35.0 Å². The van der Waals surface area contributed by atoms with Crippen LogP contribution in [0.1, 0.15) is 38.3 Å². The van der Waals surface area contributed by atoms with Crippen molar-refractivity contribution in [2.45, 2.75) is 32.6 Å². The maximum absolute atomic E-state index is 12.6. The van der Waals surface area contributed by atoms with E-state index < -0.39 is 0 Å². The number of rotatable bonds is 5. The number of benzene rings is 1. The lowest BCUT2D eigenvalue weighted by Crippen LogP contribution is -2.14. The van der Waals surface area contributed by atoms with Crippen LogP contribution in [-0.2, 0) is 0 Å². The van der Waals surface area contributed by atoms with Crippen LogP contribution in [0.15, 0.2) is 45.9 Å². The molecule has 2 N–H and O–H groups in total. The van der Waals surface area contributed by atoms with Gasteiger partial charge in [-0.15, -0.1) is 0 Å². The summed E-state index contributed by atoms with van der Waals surface area (Å²) in [5, 5.41) is 13.7. The van der Waals surface area contributed by atoms with Gasteiger partial charge in [-0.25, -0.2) is 14.5 Å². The van der Waals surface area contributed by atoms with Crippen molar-refractivity contribution in [3.63, 3.8) is 0 Å². The van der Waals surface area contributed by atoms with E-state index in [4.69, 9.17) is 9.40 Å².